The highest BCUT2D eigenvalue weighted by molar-refractivity contribution is 5.85. The third-order valence-corrected chi connectivity index (χ3v) is 1.93. The van der Waals surface area contributed by atoms with Crippen LogP contribution in [-0.4, -0.2) is 26.2 Å². The normalized spacial score (nSPS) is 9.13. The van der Waals surface area contributed by atoms with Crippen molar-refractivity contribution in [3.8, 4) is 0 Å². The van der Waals surface area contributed by atoms with Crippen LogP contribution in [0.2, 0.25) is 0 Å². The van der Waals surface area contributed by atoms with E-state index in [9.17, 15) is 4.79 Å². The fourth-order valence-electron chi connectivity index (χ4n) is 1.14. The predicted molar refractivity (Wildman–Crippen MR) is 62.3 cm³/mol. The highest BCUT2D eigenvalue weighted by Gasteiger charge is 1.97. The first kappa shape index (κ1) is 13.9. The van der Waals surface area contributed by atoms with Gasteiger partial charge in [-0.1, -0.05) is 30.3 Å². The summed E-state index contributed by atoms with van der Waals surface area (Å²) in [6.07, 6.45) is 0.928. The lowest BCUT2D eigenvalue weighted by Crippen LogP contribution is -2.25. The quantitative estimate of drug-likeness (QED) is 0.613. The van der Waals surface area contributed by atoms with E-state index in [1.165, 1.54) is 12.7 Å². The molecule has 0 radical (unpaired) electrons. The van der Waals surface area contributed by atoms with E-state index in [0.29, 0.717) is 0 Å². The van der Waals surface area contributed by atoms with E-state index in [4.69, 9.17) is 0 Å². The van der Waals surface area contributed by atoms with E-state index in [1.54, 1.807) is 0 Å². The van der Waals surface area contributed by atoms with Gasteiger partial charge in [0.15, 0.2) is 0 Å². The summed E-state index contributed by atoms with van der Waals surface area (Å²) in [5, 5.41) is 3.01. The molecule has 0 spiro atoms. The highest BCUT2D eigenvalue weighted by atomic mass is 35.5. The molecule has 0 atom stereocenters. The molecule has 0 aliphatic rings. The second kappa shape index (κ2) is 8.26. The third-order valence-electron chi connectivity index (χ3n) is 1.93. The van der Waals surface area contributed by atoms with Gasteiger partial charge in [0.05, 0.1) is 13.7 Å². The molecule has 0 saturated carbocycles. The standard InChI is InChI=1S/C11H15NO2.ClH/c1-14-11(13)9-12-8-7-10-5-3-2-4-6-10;/h2-6,12H,7-9H2,1H3;1H. The van der Waals surface area contributed by atoms with Crippen molar-refractivity contribution in [1.82, 2.24) is 5.32 Å². The fourth-order valence-corrected chi connectivity index (χ4v) is 1.14. The maximum absolute atomic E-state index is 10.7. The van der Waals surface area contributed by atoms with Crippen molar-refractivity contribution in [2.45, 2.75) is 6.42 Å². The van der Waals surface area contributed by atoms with E-state index in [2.05, 4.69) is 22.2 Å². The van der Waals surface area contributed by atoms with E-state index in [-0.39, 0.29) is 24.9 Å². The van der Waals surface area contributed by atoms with E-state index >= 15 is 0 Å². The van der Waals surface area contributed by atoms with Gasteiger partial charge in [0.25, 0.3) is 0 Å². The summed E-state index contributed by atoms with van der Waals surface area (Å²) < 4.78 is 4.50. The smallest absolute Gasteiger partial charge is 0.319 e. The van der Waals surface area contributed by atoms with Crippen LogP contribution in [0.15, 0.2) is 30.3 Å². The second-order valence-corrected chi connectivity index (χ2v) is 2.99. The van der Waals surface area contributed by atoms with Crippen molar-refractivity contribution >= 4 is 18.4 Å². The molecule has 15 heavy (non-hydrogen) atoms. The zero-order valence-electron chi connectivity index (χ0n) is 8.73. The Morgan fingerprint density at radius 1 is 1.33 bits per heavy atom. The fraction of sp³-hybridized carbons (Fsp3) is 0.364. The Balaban J connectivity index is 0.00000196. The van der Waals surface area contributed by atoms with Crippen molar-refractivity contribution in [3.05, 3.63) is 35.9 Å². The molecule has 1 N–H and O–H groups in total. The van der Waals surface area contributed by atoms with Crippen LogP contribution < -0.4 is 5.32 Å². The lowest BCUT2D eigenvalue weighted by Gasteiger charge is -2.03. The molecule has 0 unspecified atom stereocenters. The number of rotatable bonds is 5. The average molecular weight is 230 g/mol. The number of hydrogen-bond donors (Lipinski definition) is 1. The van der Waals surface area contributed by atoms with Gasteiger partial charge in [-0.15, -0.1) is 12.4 Å². The first-order valence-electron chi connectivity index (χ1n) is 4.64. The van der Waals surface area contributed by atoms with Crippen LogP contribution >= 0.6 is 12.4 Å². The van der Waals surface area contributed by atoms with Gasteiger partial charge >= 0.3 is 5.97 Å². The molecular weight excluding hydrogens is 214 g/mol. The van der Waals surface area contributed by atoms with Crippen LogP contribution in [0.3, 0.4) is 0 Å². The van der Waals surface area contributed by atoms with Crippen LogP contribution in [0.25, 0.3) is 0 Å². The number of halogens is 1. The minimum Gasteiger partial charge on any atom is -0.468 e. The summed E-state index contributed by atoms with van der Waals surface area (Å²) in [6.45, 7) is 1.07. The number of methoxy groups -OCH3 is 1. The Morgan fingerprint density at radius 3 is 2.60 bits per heavy atom. The van der Waals surface area contributed by atoms with Gasteiger partial charge in [-0.3, -0.25) is 4.79 Å². The van der Waals surface area contributed by atoms with Crippen molar-refractivity contribution in [3.63, 3.8) is 0 Å². The van der Waals surface area contributed by atoms with Crippen molar-refractivity contribution < 1.29 is 9.53 Å². The largest absolute Gasteiger partial charge is 0.468 e. The van der Waals surface area contributed by atoms with Crippen LogP contribution in [0.1, 0.15) is 5.56 Å². The minimum absolute atomic E-state index is 0. The number of hydrogen-bond acceptors (Lipinski definition) is 3. The summed E-state index contributed by atoms with van der Waals surface area (Å²) in [6, 6.07) is 10.1. The molecule has 1 rings (SSSR count). The molecule has 3 nitrogen and oxygen atoms in total. The SMILES string of the molecule is COC(=O)CNCCc1ccccc1.Cl. The Hall–Kier alpha value is -1.06. The monoisotopic (exact) mass is 229 g/mol. The molecule has 0 fully saturated rings. The van der Waals surface area contributed by atoms with Crippen LogP contribution in [0, 0.1) is 0 Å². The molecule has 0 aliphatic carbocycles. The zero-order chi connectivity index (χ0) is 10.2. The molecule has 4 heteroatoms. The van der Waals surface area contributed by atoms with E-state index in [1.807, 2.05) is 18.2 Å². The summed E-state index contributed by atoms with van der Waals surface area (Å²) in [7, 11) is 1.39. The maximum Gasteiger partial charge on any atom is 0.319 e. The second-order valence-electron chi connectivity index (χ2n) is 2.99. The molecule has 0 aromatic heterocycles. The Bertz CT molecular complexity index is 277. The molecule has 1 aromatic rings. The van der Waals surface area contributed by atoms with Gasteiger partial charge in [-0.05, 0) is 18.5 Å². The topological polar surface area (TPSA) is 38.3 Å². The number of ether oxygens (including phenoxy) is 1. The first-order chi connectivity index (χ1) is 6.83. The van der Waals surface area contributed by atoms with Crippen LogP contribution in [0.5, 0.6) is 0 Å². The number of nitrogens with one attached hydrogen (secondary N) is 1. The lowest BCUT2D eigenvalue weighted by atomic mass is 10.1. The number of esters is 1. The van der Waals surface area contributed by atoms with Gasteiger partial charge in [0.1, 0.15) is 0 Å². The van der Waals surface area contributed by atoms with Gasteiger partial charge in [0.2, 0.25) is 0 Å². The van der Waals surface area contributed by atoms with E-state index < -0.39 is 0 Å². The highest BCUT2D eigenvalue weighted by Crippen LogP contribution is 1.97. The predicted octanol–water partition coefficient (Wildman–Crippen LogP) is 1.41. The first-order valence-corrected chi connectivity index (χ1v) is 4.64. The summed E-state index contributed by atoms with van der Waals surface area (Å²) >= 11 is 0. The molecule has 0 amide bonds. The van der Waals surface area contributed by atoms with E-state index in [0.717, 1.165) is 13.0 Å². The molecule has 0 bridgehead atoms. The number of carbonyl (C=O) groups is 1. The molecule has 0 heterocycles. The summed E-state index contributed by atoms with van der Waals surface area (Å²) in [5.74, 6) is -0.224. The maximum atomic E-state index is 10.7. The van der Waals surface area contributed by atoms with Crippen molar-refractivity contribution in [2.24, 2.45) is 0 Å². The Kier molecular flexibility index (Phi) is 7.68. The zero-order valence-corrected chi connectivity index (χ0v) is 9.55. The minimum atomic E-state index is -0.224. The van der Waals surface area contributed by atoms with Crippen molar-refractivity contribution in [2.75, 3.05) is 20.2 Å². The van der Waals surface area contributed by atoms with Gasteiger partial charge in [-0.25, -0.2) is 0 Å². The average Bonchev–Trinajstić information content (AvgIpc) is 2.25. The van der Waals surface area contributed by atoms with Crippen LogP contribution in [-0.2, 0) is 16.0 Å². The lowest BCUT2D eigenvalue weighted by molar-refractivity contribution is -0.139. The molecule has 84 valence electrons. The van der Waals surface area contributed by atoms with Gasteiger partial charge in [0, 0.05) is 0 Å². The van der Waals surface area contributed by atoms with Crippen LogP contribution in [0.4, 0.5) is 0 Å². The molecule has 1 aromatic carbocycles. The Labute approximate surface area is 96.2 Å². The van der Waals surface area contributed by atoms with Gasteiger partial charge < -0.3 is 10.1 Å². The Morgan fingerprint density at radius 2 is 2.00 bits per heavy atom. The van der Waals surface area contributed by atoms with Gasteiger partial charge in [-0.2, -0.15) is 0 Å². The number of benzene rings is 1. The molecule has 0 aliphatic heterocycles. The summed E-state index contributed by atoms with van der Waals surface area (Å²) in [5.41, 5.74) is 1.27. The molecular formula is C11H16ClNO2. The molecule has 0 saturated heterocycles. The summed E-state index contributed by atoms with van der Waals surface area (Å²) in [4.78, 5) is 10.7. The number of carbonyl (C=O) groups excluding carboxylic acids is 1. The third kappa shape index (κ3) is 6.10. The van der Waals surface area contributed by atoms with Crippen molar-refractivity contribution in [1.29, 1.82) is 0 Å².